The van der Waals surface area contributed by atoms with Gasteiger partial charge in [-0.1, -0.05) is 91.5 Å². The molecule has 6 rings (SSSR count). The fourth-order valence-electron chi connectivity index (χ4n) is 6.24. The summed E-state index contributed by atoms with van der Waals surface area (Å²) in [4.78, 5) is 17.1. The molecule has 0 bridgehead atoms. The number of benzene rings is 3. The van der Waals surface area contributed by atoms with Crippen LogP contribution in [0.2, 0.25) is 0 Å². The van der Waals surface area contributed by atoms with Crippen LogP contribution < -0.4 is 0 Å². The van der Waals surface area contributed by atoms with Crippen molar-refractivity contribution in [1.29, 1.82) is 0 Å². The average Bonchev–Trinajstić information content (AvgIpc) is 3.64. The van der Waals surface area contributed by atoms with Crippen LogP contribution in [0.4, 0.5) is 0 Å². The minimum absolute atomic E-state index is 0. The first-order valence-electron chi connectivity index (χ1n) is 17.3. The number of nitrogens with zero attached hydrogens (tertiary/aromatic N) is 1. The van der Waals surface area contributed by atoms with Gasteiger partial charge >= 0.3 is 0 Å². The summed E-state index contributed by atoms with van der Waals surface area (Å²) >= 11 is 1.79. The van der Waals surface area contributed by atoms with Crippen LogP contribution in [-0.2, 0) is 30.3 Å². The first-order valence-corrected chi connectivity index (χ1v) is 18.1. The van der Waals surface area contributed by atoms with Gasteiger partial charge in [0, 0.05) is 63.7 Å². The van der Waals surface area contributed by atoms with E-state index in [0.29, 0.717) is 0 Å². The second-order valence-electron chi connectivity index (χ2n) is 14.7. The van der Waals surface area contributed by atoms with Crippen molar-refractivity contribution in [3.63, 3.8) is 0 Å². The van der Waals surface area contributed by atoms with Gasteiger partial charge in [0.15, 0.2) is 5.78 Å². The van der Waals surface area contributed by atoms with Gasteiger partial charge in [-0.05, 0) is 72.6 Å². The Kier molecular flexibility index (Phi) is 11.7. The van der Waals surface area contributed by atoms with E-state index < -0.39 is 0 Å². The maximum atomic E-state index is 12.2. The average molecular weight is 853 g/mol. The monoisotopic (exact) mass is 853 g/mol. The molecule has 0 fully saturated rings. The quantitative estimate of drug-likeness (QED) is 0.0941. The Balaban J connectivity index is 0.000000260. The Morgan fingerprint density at radius 3 is 2.16 bits per heavy atom. The van der Waals surface area contributed by atoms with Gasteiger partial charge in [0.05, 0.1) is 6.26 Å². The number of aromatic nitrogens is 1. The minimum Gasteiger partial charge on any atom is -0.512 e. The fourth-order valence-corrected chi connectivity index (χ4v) is 7.35. The number of aryl methyl sites for hydroxylation is 1. The van der Waals surface area contributed by atoms with Crippen molar-refractivity contribution < 1.29 is 34.4 Å². The molecule has 0 unspecified atom stereocenters. The standard InChI is InChI=1S/C28H22NOS.C15H28O2.Ir/c1-16-15-30-23-14-25-21(13-20(16)23)26-24(31-25)9-10-29-27(26)18-11-17-7-5-6-8-19(17)22(12-18)28(2,3)4;1-7-14(5,8-2)12(16)11-13(17)15(6,9-3)10-4;/h5-10,12-15H,1-4H3;11,16H,7-10H2,1-6H3;/q-1;;/b;12-11-;. The largest absolute Gasteiger partial charge is 0.512 e. The normalized spacial score (nSPS) is 12.7. The number of hydrogen-bond donors (Lipinski definition) is 1. The molecule has 0 atom stereocenters. The van der Waals surface area contributed by atoms with Crippen LogP contribution in [0.15, 0.2) is 77.2 Å². The van der Waals surface area contributed by atoms with Gasteiger partial charge in [-0.25, -0.2) is 0 Å². The number of carbonyl (C=O) groups is 1. The summed E-state index contributed by atoms with van der Waals surface area (Å²) in [5.74, 6) is 0.286. The predicted octanol–water partition coefficient (Wildman–Crippen LogP) is 13.1. The molecule has 0 saturated carbocycles. The minimum atomic E-state index is -0.337. The van der Waals surface area contributed by atoms with Crippen LogP contribution in [-0.4, -0.2) is 15.9 Å². The summed E-state index contributed by atoms with van der Waals surface area (Å²) in [5, 5.41) is 16.1. The zero-order chi connectivity index (χ0) is 35.0. The first-order chi connectivity index (χ1) is 22.7. The molecule has 0 aliphatic rings. The number of fused-ring (bicyclic) bond motifs is 5. The van der Waals surface area contributed by atoms with E-state index in [9.17, 15) is 9.90 Å². The third-order valence-electron chi connectivity index (χ3n) is 10.7. The molecule has 0 aliphatic heterocycles. The first kappa shape index (κ1) is 38.5. The SMILES string of the molecule is CCC(C)(CC)C(=O)/C=C(\O)C(C)(CC)CC.Cc1coc2cc3sc4ccnc(-c5[c-]c6ccccc6c(C(C)(C)C)c5)c4c3cc12.[Ir]. The summed E-state index contributed by atoms with van der Waals surface area (Å²) < 4.78 is 8.22. The van der Waals surface area contributed by atoms with Crippen molar-refractivity contribution in [2.24, 2.45) is 10.8 Å². The zero-order valence-corrected chi connectivity index (χ0v) is 33.8. The van der Waals surface area contributed by atoms with Crippen LogP contribution in [0.3, 0.4) is 0 Å². The van der Waals surface area contributed by atoms with Gasteiger partial charge < -0.3 is 9.52 Å². The zero-order valence-electron chi connectivity index (χ0n) is 30.6. The van der Waals surface area contributed by atoms with Crippen LogP contribution >= 0.6 is 11.3 Å². The van der Waals surface area contributed by atoms with Crippen molar-refractivity contribution in [1.82, 2.24) is 4.98 Å². The van der Waals surface area contributed by atoms with Crippen LogP contribution in [0, 0.1) is 23.8 Å². The Morgan fingerprint density at radius 2 is 1.53 bits per heavy atom. The summed E-state index contributed by atoms with van der Waals surface area (Å²) in [6.07, 6.45) is 8.51. The molecule has 1 radical (unpaired) electrons. The van der Waals surface area contributed by atoms with Crippen LogP contribution in [0.1, 0.15) is 99.1 Å². The van der Waals surface area contributed by atoms with Gasteiger partial charge in [0.2, 0.25) is 0 Å². The van der Waals surface area contributed by atoms with Crippen LogP contribution in [0.5, 0.6) is 0 Å². The molecule has 0 saturated heterocycles. The number of ketones is 1. The molecule has 3 heterocycles. The van der Waals surface area contributed by atoms with Gasteiger partial charge in [-0.3, -0.25) is 9.78 Å². The molecule has 6 heteroatoms. The molecular weight excluding hydrogens is 803 g/mol. The molecular formula is C43H50IrNO3S-. The second kappa shape index (κ2) is 14.9. The summed E-state index contributed by atoms with van der Waals surface area (Å²) in [6, 6.07) is 21.0. The second-order valence-corrected chi connectivity index (χ2v) is 15.8. The number of allylic oxidation sites excluding steroid dienone is 2. The van der Waals surface area contributed by atoms with E-state index in [-0.39, 0.29) is 47.9 Å². The van der Waals surface area contributed by atoms with E-state index in [1.807, 2.05) is 54.0 Å². The van der Waals surface area contributed by atoms with E-state index in [2.05, 4.69) is 82.3 Å². The number of pyridine rings is 1. The number of hydrogen-bond acceptors (Lipinski definition) is 5. The Labute approximate surface area is 309 Å². The van der Waals surface area contributed by atoms with Gasteiger partial charge in [0.1, 0.15) is 11.3 Å². The number of thiophene rings is 1. The number of carbonyl (C=O) groups excluding carboxylic acids is 1. The molecule has 261 valence electrons. The summed E-state index contributed by atoms with van der Waals surface area (Å²) in [6.45, 7) is 21.0. The molecule has 49 heavy (non-hydrogen) atoms. The molecule has 3 aromatic carbocycles. The van der Waals surface area contributed by atoms with E-state index >= 15 is 0 Å². The maximum absolute atomic E-state index is 12.2. The van der Waals surface area contributed by atoms with Crippen molar-refractivity contribution in [3.05, 3.63) is 90.0 Å². The van der Waals surface area contributed by atoms with Crippen molar-refractivity contribution in [2.75, 3.05) is 0 Å². The van der Waals surface area contributed by atoms with Crippen molar-refractivity contribution in [2.45, 2.75) is 100 Å². The van der Waals surface area contributed by atoms with Gasteiger partial charge in [-0.15, -0.1) is 40.5 Å². The van der Waals surface area contributed by atoms with Gasteiger partial charge in [-0.2, -0.15) is 0 Å². The molecule has 0 spiro atoms. The third-order valence-corrected chi connectivity index (χ3v) is 11.8. The number of aliphatic hydroxyl groups excluding tert-OH is 1. The Morgan fingerprint density at radius 1 is 0.878 bits per heavy atom. The number of furan rings is 1. The molecule has 0 aliphatic carbocycles. The molecule has 1 N–H and O–H groups in total. The maximum Gasteiger partial charge on any atom is 0.164 e. The number of rotatable bonds is 8. The van der Waals surface area contributed by atoms with Crippen molar-refractivity contribution >= 4 is 59.0 Å². The molecule has 4 nitrogen and oxygen atoms in total. The third kappa shape index (κ3) is 7.43. The topological polar surface area (TPSA) is 63.3 Å². The summed E-state index contributed by atoms with van der Waals surface area (Å²) in [5.41, 5.74) is 4.90. The predicted molar refractivity (Wildman–Crippen MR) is 205 cm³/mol. The van der Waals surface area contributed by atoms with E-state index in [0.717, 1.165) is 53.5 Å². The Hall–Kier alpha value is -3.31. The van der Waals surface area contributed by atoms with Gasteiger partial charge in [0.25, 0.3) is 0 Å². The molecule has 6 aromatic rings. The van der Waals surface area contributed by atoms with Crippen molar-refractivity contribution in [3.8, 4) is 11.3 Å². The number of aliphatic hydroxyl groups is 1. The van der Waals surface area contributed by atoms with E-state index in [1.54, 1.807) is 11.3 Å². The smallest absolute Gasteiger partial charge is 0.164 e. The molecule has 0 amide bonds. The fraction of sp³-hybridized carbons (Fsp3) is 0.395. The summed E-state index contributed by atoms with van der Waals surface area (Å²) in [7, 11) is 0. The van der Waals surface area contributed by atoms with E-state index in [1.165, 1.54) is 42.6 Å². The van der Waals surface area contributed by atoms with E-state index in [4.69, 9.17) is 9.40 Å². The Bertz CT molecular complexity index is 2140. The molecule has 3 aromatic heterocycles. The van der Waals surface area contributed by atoms with Crippen LogP contribution in [0.25, 0.3) is 53.2 Å².